The summed E-state index contributed by atoms with van der Waals surface area (Å²) in [4.78, 5) is 18.2. The summed E-state index contributed by atoms with van der Waals surface area (Å²) in [6.07, 6.45) is 1.77. The first-order valence-electron chi connectivity index (χ1n) is 10.2. The van der Waals surface area contributed by atoms with Crippen LogP contribution in [0.15, 0.2) is 54.6 Å². The van der Waals surface area contributed by atoms with Gasteiger partial charge < -0.3 is 19.4 Å². The largest absolute Gasteiger partial charge is 0.383 e. The SMILES string of the molecule is Cc1ccc(-c2cc(C3(O)CCC(OP(O)O)CC3)nn2-c2ccc(C)cc2)cc1. The van der Waals surface area contributed by atoms with Crippen LogP contribution < -0.4 is 0 Å². The molecule has 0 aliphatic heterocycles. The first-order chi connectivity index (χ1) is 14.3. The van der Waals surface area contributed by atoms with Crippen LogP contribution in [0.4, 0.5) is 0 Å². The molecular formula is C23H27N2O4P. The Balaban J connectivity index is 1.70. The van der Waals surface area contributed by atoms with Crippen molar-refractivity contribution in [2.24, 2.45) is 0 Å². The quantitative estimate of drug-likeness (QED) is 0.523. The summed E-state index contributed by atoms with van der Waals surface area (Å²) >= 11 is 0. The highest BCUT2D eigenvalue weighted by Crippen LogP contribution is 2.42. The first-order valence-corrected chi connectivity index (χ1v) is 11.3. The minimum Gasteiger partial charge on any atom is -0.383 e. The fourth-order valence-electron chi connectivity index (χ4n) is 3.99. The molecule has 4 rings (SSSR count). The van der Waals surface area contributed by atoms with E-state index in [1.165, 1.54) is 11.1 Å². The molecule has 0 atom stereocenters. The summed E-state index contributed by atoms with van der Waals surface area (Å²) in [5.74, 6) is 0. The van der Waals surface area contributed by atoms with Crippen LogP contribution in [0.3, 0.4) is 0 Å². The molecule has 0 spiro atoms. The molecule has 1 aliphatic carbocycles. The van der Waals surface area contributed by atoms with Gasteiger partial charge in [-0.25, -0.2) is 4.68 Å². The van der Waals surface area contributed by atoms with Crippen molar-refractivity contribution in [1.82, 2.24) is 9.78 Å². The van der Waals surface area contributed by atoms with Crippen LogP contribution in [0.1, 0.15) is 42.5 Å². The molecule has 2 aromatic carbocycles. The Morgan fingerprint density at radius 1 is 0.967 bits per heavy atom. The van der Waals surface area contributed by atoms with Gasteiger partial charge in [0.2, 0.25) is 0 Å². The van der Waals surface area contributed by atoms with E-state index in [4.69, 9.17) is 19.4 Å². The number of hydrogen-bond donors (Lipinski definition) is 3. The molecule has 0 amide bonds. The highest BCUT2D eigenvalue weighted by Gasteiger charge is 2.38. The van der Waals surface area contributed by atoms with E-state index in [9.17, 15) is 5.11 Å². The van der Waals surface area contributed by atoms with Crippen LogP contribution in [0.25, 0.3) is 16.9 Å². The molecule has 6 nitrogen and oxygen atoms in total. The molecule has 0 unspecified atom stereocenters. The summed E-state index contributed by atoms with van der Waals surface area (Å²) < 4.78 is 7.04. The number of aliphatic hydroxyl groups is 1. The third-order valence-corrected chi connectivity index (χ3v) is 6.30. The second kappa shape index (κ2) is 8.58. The van der Waals surface area contributed by atoms with Crippen molar-refractivity contribution in [3.63, 3.8) is 0 Å². The fraction of sp³-hybridized carbons (Fsp3) is 0.348. The molecule has 158 valence electrons. The van der Waals surface area contributed by atoms with Crippen molar-refractivity contribution in [2.45, 2.75) is 51.2 Å². The lowest BCUT2D eigenvalue weighted by molar-refractivity contribution is -0.0355. The lowest BCUT2D eigenvalue weighted by Crippen LogP contribution is -2.34. The standard InChI is InChI=1S/C23H27N2O4P/c1-16-3-7-18(8-4-16)21-15-22(24-25(21)19-9-5-17(2)6-10-19)23(26)13-11-20(12-14-23)29-30(27)28/h3-10,15,20,26-28H,11-14H2,1-2H3. The highest BCUT2D eigenvalue weighted by molar-refractivity contribution is 7.39. The van der Waals surface area contributed by atoms with Crippen LogP contribution in [-0.4, -0.2) is 30.8 Å². The van der Waals surface area contributed by atoms with E-state index >= 15 is 0 Å². The second-order valence-electron chi connectivity index (χ2n) is 8.12. The van der Waals surface area contributed by atoms with E-state index in [0.717, 1.165) is 16.9 Å². The smallest absolute Gasteiger partial charge is 0.327 e. The summed E-state index contributed by atoms with van der Waals surface area (Å²) in [5.41, 5.74) is 4.82. The van der Waals surface area contributed by atoms with Crippen LogP contribution in [-0.2, 0) is 10.1 Å². The first kappa shape index (κ1) is 21.2. The summed E-state index contributed by atoms with van der Waals surface area (Å²) in [7, 11) is -2.38. The second-order valence-corrected chi connectivity index (χ2v) is 8.83. The third kappa shape index (κ3) is 4.48. The van der Waals surface area contributed by atoms with E-state index in [0.29, 0.717) is 31.4 Å². The lowest BCUT2D eigenvalue weighted by atomic mass is 9.81. The number of aromatic nitrogens is 2. The zero-order valence-corrected chi connectivity index (χ0v) is 18.1. The molecule has 3 N–H and O–H groups in total. The molecule has 0 bridgehead atoms. The Bertz CT molecular complexity index is 928. The summed E-state index contributed by atoms with van der Waals surface area (Å²) in [5, 5.41) is 16.2. The van der Waals surface area contributed by atoms with Crippen molar-refractivity contribution in [1.29, 1.82) is 0 Å². The molecule has 30 heavy (non-hydrogen) atoms. The Morgan fingerprint density at radius 3 is 2.10 bits per heavy atom. The number of nitrogens with zero attached hydrogens (tertiary/aromatic N) is 2. The number of rotatable bonds is 5. The van der Waals surface area contributed by atoms with Crippen molar-refractivity contribution in [3.8, 4) is 16.9 Å². The van der Waals surface area contributed by atoms with Gasteiger partial charge in [0.15, 0.2) is 0 Å². The summed E-state index contributed by atoms with van der Waals surface area (Å²) in [6, 6.07) is 18.4. The van der Waals surface area contributed by atoms with E-state index in [2.05, 4.69) is 43.3 Å². The minimum absolute atomic E-state index is 0.248. The van der Waals surface area contributed by atoms with E-state index < -0.39 is 14.2 Å². The lowest BCUT2D eigenvalue weighted by Gasteiger charge is -2.34. The van der Waals surface area contributed by atoms with Gasteiger partial charge in [0.1, 0.15) is 5.60 Å². The molecular weight excluding hydrogens is 399 g/mol. The molecule has 1 fully saturated rings. The molecule has 0 saturated heterocycles. The van der Waals surface area contributed by atoms with Gasteiger partial charge in [0, 0.05) is 5.56 Å². The topological polar surface area (TPSA) is 87.7 Å². The average molecular weight is 426 g/mol. The molecule has 7 heteroatoms. The van der Waals surface area contributed by atoms with Gasteiger partial charge in [-0.1, -0.05) is 47.5 Å². The normalized spacial score (nSPS) is 21.9. The van der Waals surface area contributed by atoms with Crippen molar-refractivity contribution >= 4 is 8.60 Å². The Hall–Kier alpha value is -2.08. The molecule has 1 aromatic heterocycles. The van der Waals surface area contributed by atoms with Crippen LogP contribution in [0, 0.1) is 13.8 Å². The maximum atomic E-state index is 11.4. The van der Waals surface area contributed by atoms with Gasteiger partial charge >= 0.3 is 8.60 Å². The molecule has 0 radical (unpaired) electrons. The van der Waals surface area contributed by atoms with Crippen LogP contribution >= 0.6 is 8.60 Å². The van der Waals surface area contributed by atoms with Crippen LogP contribution in [0.2, 0.25) is 0 Å². The van der Waals surface area contributed by atoms with Gasteiger partial charge in [0.25, 0.3) is 0 Å². The van der Waals surface area contributed by atoms with Gasteiger partial charge in [-0.2, -0.15) is 5.10 Å². The minimum atomic E-state index is -2.38. The monoisotopic (exact) mass is 426 g/mol. The molecule has 1 heterocycles. The molecule has 1 saturated carbocycles. The zero-order chi connectivity index (χ0) is 21.3. The summed E-state index contributed by atoms with van der Waals surface area (Å²) in [6.45, 7) is 4.10. The third-order valence-electron chi connectivity index (χ3n) is 5.82. The van der Waals surface area contributed by atoms with Crippen molar-refractivity contribution in [2.75, 3.05) is 0 Å². The van der Waals surface area contributed by atoms with E-state index in [1.54, 1.807) is 0 Å². The van der Waals surface area contributed by atoms with Crippen molar-refractivity contribution in [3.05, 3.63) is 71.4 Å². The molecule has 3 aromatic rings. The maximum absolute atomic E-state index is 11.4. The average Bonchev–Trinajstić information content (AvgIpc) is 3.17. The van der Waals surface area contributed by atoms with Gasteiger partial charge in [-0.05, 0) is 57.7 Å². The zero-order valence-electron chi connectivity index (χ0n) is 17.2. The Morgan fingerprint density at radius 2 is 1.53 bits per heavy atom. The van der Waals surface area contributed by atoms with Crippen molar-refractivity contribution < 1.29 is 19.4 Å². The Labute approximate surface area is 177 Å². The van der Waals surface area contributed by atoms with Gasteiger partial charge in [0.05, 0.1) is 23.2 Å². The van der Waals surface area contributed by atoms with E-state index in [1.807, 2.05) is 29.8 Å². The van der Waals surface area contributed by atoms with Crippen LogP contribution in [0.5, 0.6) is 0 Å². The number of aryl methyl sites for hydroxylation is 2. The predicted molar refractivity (Wildman–Crippen MR) is 117 cm³/mol. The fourth-order valence-corrected chi connectivity index (χ4v) is 4.46. The molecule has 1 aliphatic rings. The predicted octanol–water partition coefficient (Wildman–Crippen LogP) is 4.51. The Kier molecular flexibility index (Phi) is 6.05. The van der Waals surface area contributed by atoms with Gasteiger partial charge in [-0.15, -0.1) is 0 Å². The van der Waals surface area contributed by atoms with E-state index in [-0.39, 0.29) is 6.10 Å². The number of benzene rings is 2. The maximum Gasteiger partial charge on any atom is 0.327 e. The van der Waals surface area contributed by atoms with Gasteiger partial charge in [-0.3, -0.25) is 0 Å². The number of hydrogen-bond acceptors (Lipinski definition) is 5. The highest BCUT2D eigenvalue weighted by atomic mass is 31.2.